The van der Waals surface area contributed by atoms with Crippen LogP contribution in [0.15, 0.2) is 34.9 Å². The Morgan fingerprint density at radius 2 is 1.87 bits per heavy atom. The second-order valence-corrected chi connectivity index (χ2v) is 9.36. The van der Waals surface area contributed by atoms with Gasteiger partial charge in [-0.05, 0) is 58.1 Å². The summed E-state index contributed by atoms with van der Waals surface area (Å²) in [5.74, 6) is 0.535. The molecule has 1 fully saturated rings. The van der Waals surface area contributed by atoms with Crippen molar-refractivity contribution in [2.45, 2.75) is 63.6 Å². The summed E-state index contributed by atoms with van der Waals surface area (Å²) in [5.41, 5.74) is 0.464. The van der Waals surface area contributed by atoms with Crippen LogP contribution in [0, 0.1) is 0 Å². The van der Waals surface area contributed by atoms with Crippen molar-refractivity contribution in [2.24, 2.45) is 0 Å². The predicted molar refractivity (Wildman–Crippen MR) is 120 cm³/mol. The minimum atomic E-state index is -0.966. The van der Waals surface area contributed by atoms with Crippen LogP contribution in [0.1, 0.15) is 55.9 Å². The van der Waals surface area contributed by atoms with Gasteiger partial charge in [-0.3, -0.25) is 9.59 Å². The van der Waals surface area contributed by atoms with Crippen molar-refractivity contribution in [2.75, 3.05) is 27.2 Å². The average Bonchev–Trinajstić information content (AvgIpc) is 3.32. The van der Waals surface area contributed by atoms with E-state index in [1.165, 1.54) is 12.8 Å². The third-order valence-corrected chi connectivity index (χ3v) is 6.73. The lowest BCUT2D eigenvalue weighted by molar-refractivity contribution is -0.133. The summed E-state index contributed by atoms with van der Waals surface area (Å²) < 4.78 is 7.54. The fourth-order valence-electron chi connectivity index (χ4n) is 4.83. The number of nitrogens with one attached hydrogen (secondary N) is 1. The van der Waals surface area contributed by atoms with Crippen LogP contribution >= 0.6 is 0 Å². The summed E-state index contributed by atoms with van der Waals surface area (Å²) in [6.07, 6.45) is 8.42. The number of carbonyl (C=O) groups is 2. The van der Waals surface area contributed by atoms with Crippen molar-refractivity contribution in [1.82, 2.24) is 19.7 Å². The van der Waals surface area contributed by atoms with Crippen LogP contribution in [0.5, 0.6) is 0 Å². The number of furan rings is 1. The molecule has 0 aromatic carbocycles. The maximum Gasteiger partial charge on any atom is 0.271 e. The molecule has 0 spiro atoms. The zero-order chi connectivity index (χ0) is 22.0. The van der Waals surface area contributed by atoms with Crippen LogP contribution in [0.4, 0.5) is 0 Å². The van der Waals surface area contributed by atoms with Gasteiger partial charge in [-0.1, -0.05) is 25.7 Å². The average molecular weight is 427 g/mol. The Morgan fingerprint density at radius 3 is 2.52 bits per heavy atom. The van der Waals surface area contributed by atoms with Gasteiger partial charge in [0.15, 0.2) is 0 Å². The third kappa shape index (κ3) is 4.28. The highest BCUT2D eigenvalue weighted by Gasteiger charge is 2.48. The van der Waals surface area contributed by atoms with E-state index in [-0.39, 0.29) is 17.9 Å². The quantitative estimate of drug-likeness (QED) is 0.719. The lowest BCUT2D eigenvalue weighted by atomic mass is 9.93. The zero-order valence-electron chi connectivity index (χ0n) is 18.9. The highest BCUT2D eigenvalue weighted by atomic mass is 16.3. The first-order chi connectivity index (χ1) is 14.9. The Morgan fingerprint density at radius 1 is 1.16 bits per heavy atom. The lowest BCUT2D eigenvalue weighted by Gasteiger charge is -2.45. The van der Waals surface area contributed by atoms with E-state index in [2.05, 4.69) is 5.32 Å². The first-order valence-corrected chi connectivity index (χ1v) is 11.4. The summed E-state index contributed by atoms with van der Waals surface area (Å²) >= 11 is 0. The Balaban J connectivity index is 1.66. The van der Waals surface area contributed by atoms with Gasteiger partial charge in [0.25, 0.3) is 5.91 Å². The number of rotatable bonds is 6. The van der Waals surface area contributed by atoms with Crippen LogP contribution in [0.25, 0.3) is 11.5 Å². The molecule has 2 aromatic heterocycles. The molecule has 31 heavy (non-hydrogen) atoms. The normalized spacial score (nSPS) is 22.5. The van der Waals surface area contributed by atoms with Gasteiger partial charge in [0.05, 0.1) is 18.5 Å². The van der Waals surface area contributed by atoms with Gasteiger partial charge in [0.2, 0.25) is 5.91 Å². The van der Waals surface area contributed by atoms with Crippen LogP contribution in [0.3, 0.4) is 0 Å². The van der Waals surface area contributed by atoms with Crippen LogP contribution in [0.2, 0.25) is 0 Å². The number of fused-ring (bicyclic) bond motifs is 1. The smallest absolute Gasteiger partial charge is 0.271 e. The van der Waals surface area contributed by atoms with E-state index >= 15 is 0 Å². The molecule has 0 bridgehead atoms. The Kier molecular flexibility index (Phi) is 6.23. The van der Waals surface area contributed by atoms with E-state index in [4.69, 9.17) is 4.42 Å². The molecule has 0 unspecified atom stereocenters. The van der Waals surface area contributed by atoms with Crippen LogP contribution in [-0.4, -0.2) is 64.9 Å². The molecule has 1 N–H and O–H groups in total. The molecule has 2 aromatic rings. The van der Waals surface area contributed by atoms with Crippen molar-refractivity contribution in [3.8, 4) is 11.5 Å². The summed E-state index contributed by atoms with van der Waals surface area (Å²) in [6, 6.07) is 7.65. The van der Waals surface area contributed by atoms with Crippen molar-refractivity contribution in [3.63, 3.8) is 0 Å². The first kappa shape index (κ1) is 21.7. The first-order valence-electron chi connectivity index (χ1n) is 11.4. The molecule has 7 nitrogen and oxygen atoms in total. The molecule has 1 aliphatic heterocycles. The van der Waals surface area contributed by atoms with E-state index in [0.29, 0.717) is 31.1 Å². The maximum absolute atomic E-state index is 13.7. The maximum atomic E-state index is 13.7. The van der Waals surface area contributed by atoms with E-state index in [1.54, 1.807) is 11.2 Å². The third-order valence-electron chi connectivity index (χ3n) is 6.73. The molecule has 1 aliphatic carbocycles. The number of carbonyl (C=O) groups excluding carboxylic acids is 2. The van der Waals surface area contributed by atoms with Gasteiger partial charge in [-0.25, -0.2) is 0 Å². The molecule has 7 heteroatoms. The van der Waals surface area contributed by atoms with Gasteiger partial charge < -0.3 is 24.1 Å². The Labute approximate surface area is 184 Å². The second kappa shape index (κ2) is 8.91. The lowest BCUT2D eigenvalue weighted by Crippen LogP contribution is -2.65. The van der Waals surface area contributed by atoms with Crippen molar-refractivity contribution < 1.29 is 14.0 Å². The number of likely N-dealkylation sites (N-methyl/N-ethyl adjacent to an activating group) is 1. The van der Waals surface area contributed by atoms with E-state index < -0.39 is 5.54 Å². The molecule has 3 heterocycles. The van der Waals surface area contributed by atoms with Gasteiger partial charge in [0.1, 0.15) is 17.0 Å². The molecular weight excluding hydrogens is 392 g/mol. The van der Waals surface area contributed by atoms with Crippen molar-refractivity contribution >= 4 is 11.8 Å². The number of nitrogens with zero attached hydrogens (tertiary/aromatic N) is 3. The molecule has 2 amide bonds. The van der Waals surface area contributed by atoms with Crippen molar-refractivity contribution in [1.29, 1.82) is 0 Å². The molecule has 0 saturated heterocycles. The van der Waals surface area contributed by atoms with Crippen molar-refractivity contribution in [3.05, 3.63) is 36.2 Å². The van der Waals surface area contributed by atoms with Crippen LogP contribution in [-0.2, 0) is 11.3 Å². The zero-order valence-corrected chi connectivity index (χ0v) is 18.9. The van der Waals surface area contributed by atoms with Gasteiger partial charge in [-0.15, -0.1) is 0 Å². The molecular formula is C24H34N4O3. The fourth-order valence-corrected chi connectivity index (χ4v) is 4.83. The van der Waals surface area contributed by atoms with Gasteiger partial charge >= 0.3 is 0 Å². The fraction of sp³-hybridized carbons (Fsp3) is 0.583. The van der Waals surface area contributed by atoms with E-state index in [0.717, 1.165) is 31.4 Å². The number of amides is 2. The minimum Gasteiger partial charge on any atom is -0.463 e. The highest BCUT2D eigenvalue weighted by Crippen LogP contribution is 2.33. The number of aromatic nitrogens is 1. The SMILES string of the molecule is CN(C)CCN1C(=O)c2ccc(-c3ccco3)n2C[C@@]1(C)C(=O)NC1CCCCCC1. The topological polar surface area (TPSA) is 70.7 Å². The largest absolute Gasteiger partial charge is 0.463 e. The Bertz CT molecular complexity index is 909. The highest BCUT2D eigenvalue weighted by molar-refractivity contribution is 6.00. The molecule has 1 saturated carbocycles. The molecule has 2 aliphatic rings. The molecule has 0 radical (unpaired) electrons. The van der Waals surface area contributed by atoms with Gasteiger partial charge in [-0.2, -0.15) is 0 Å². The Hall–Kier alpha value is -2.54. The monoisotopic (exact) mass is 426 g/mol. The summed E-state index contributed by atoms with van der Waals surface area (Å²) in [7, 11) is 3.96. The standard InChI is InChI=1S/C24H34N4O3/c1-24(23(30)25-18-9-6-4-5-7-10-18)17-27-19(21-11-8-16-31-21)12-13-20(27)22(29)28(24)15-14-26(2)3/h8,11-13,16,18H,4-7,9-10,14-15,17H2,1-3H3,(H,25,30)/t24-/m0/s1. The minimum absolute atomic E-state index is 0.0590. The predicted octanol–water partition coefficient (Wildman–Crippen LogP) is 3.36. The van der Waals surface area contributed by atoms with Crippen LogP contribution < -0.4 is 5.32 Å². The summed E-state index contributed by atoms with van der Waals surface area (Å²) in [6.45, 7) is 3.51. The number of hydrogen-bond donors (Lipinski definition) is 1. The molecule has 4 rings (SSSR count). The summed E-state index contributed by atoms with van der Waals surface area (Å²) in [5, 5.41) is 3.30. The van der Waals surface area contributed by atoms with Gasteiger partial charge in [0, 0.05) is 19.1 Å². The number of hydrogen-bond acceptors (Lipinski definition) is 4. The van der Waals surface area contributed by atoms with E-state index in [9.17, 15) is 9.59 Å². The second-order valence-electron chi connectivity index (χ2n) is 9.36. The summed E-state index contributed by atoms with van der Waals surface area (Å²) in [4.78, 5) is 31.0. The molecule has 168 valence electrons. The van der Waals surface area contributed by atoms with E-state index in [1.807, 2.05) is 54.8 Å². The molecule has 1 atom stereocenters.